The van der Waals surface area contributed by atoms with E-state index in [0.717, 1.165) is 0 Å². The summed E-state index contributed by atoms with van der Waals surface area (Å²) in [6.45, 7) is 1.81. The van der Waals surface area contributed by atoms with Crippen molar-refractivity contribution < 1.29 is 23.6 Å². The Morgan fingerprint density at radius 1 is 1.10 bits per heavy atom. The van der Waals surface area contributed by atoms with Crippen LogP contribution in [0.2, 0.25) is 0 Å². The van der Waals surface area contributed by atoms with Crippen LogP contribution in [0.15, 0.2) is 28.8 Å². The molecular formula is C13H11N3O5. The number of hydrogen-bond acceptors (Lipinski definition) is 6. The van der Waals surface area contributed by atoms with Gasteiger partial charge in [-0.2, -0.15) is 0 Å². The lowest BCUT2D eigenvalue weighted by Gasteiger charge is -2.05. The maximum Gasteiger partial charge on any atom is 0.315 e. The van der Waals surface area contributed by atoms with Crippen molar-refractivity contribution in [3.63, 3.8) is 0 Å². The van der Waals surface area contributed by atoms with Gasteiger partial charge in [0.1, 0.15) is 5.76 Å². The minimum Gasteiger partial charge on any atom is -0.454 e. The van der Waals surface area contributed by atoms with Crippen molar-refractivity contribution >= 4 is 23.3 Å². The van der Waals surface area contributed by atoms with Gasteiger partial charge in [0.15, 0.2) is 17.3 Å². The largest absolute Gasteiger partial charge is 0.454 e. The smallest absolute Gasteiger partial charge is 0.315 e. The second-order valence-corrected chi connectivity index (χ2v) is 4.30. The Kier molecular flexibility index (Phi) is 3.19. The number of carbonyl (C=O) groups excluding carboxylic acids is 2. The van der Waals surface area contributed by atoms with Crippen LogP contribution in [0.3, 0.4) is 0 Å². The van der Waals surface area contributed by atoms with Crippen LogP contribution in [-0.4, -0.2) is 23.8 Å². The summed E-state index contributed by atoms with van der Waals surface area (Å²) < 4.78 is 15.1. The zero-order chi connectivity index (χ0) is 14.8. The van der Waals surface area contributed by atoms with Crippen LogP contribution in [0.5, 0.6) is 11.5 Å². The molecular weight excluding hydrogens is 278 g/mol. The van der Waals surface area contributed by atoms with Gasteiger partial charge in [0.05, 0.1) is 0 Å². The van der Waals surface area contributed by atoms with E-state index in [9.17, 15) is 9.59 Å². The summed E-state index contributed by atoms with van der Waals surface area (Å²) >= 11 is 0. The number of aryl methyl sites for hydroxylation is 1. The number of anilines is 2. The van der Waals surface area contributed by atoms with Crippen LogP contribution in [-0.2, 0) is 9.59 Å². The predicted octanol–water partition coefficient (Wildman–Crippen LogP) is 1.29. The average Bonchev–Trinajstić information content (AvgIpc) is 3.07. The molecule has 1 aromatic carbocycles. The normalized spacial score (nSPS) is 12.0. The van der Waals surface area contributed by atoms with Crippen LogP contribution in [0.1, 0.15) is 5.76 Å². The molecule has 3 rings (SSSR count). The van der Waals surface area contributed by atoms with Gasteiger partial charge in [-0.3, -0.25) is 14.9 Å². The second-order valence-electron chi connectivity index (χ2n) is 4.30. The highest BCUT2D eigenvalue weighted by Gasteiger charge is 2.18. The minimum atomic E-state index is -0.846. The van der Waals surface area contributed by atoms with Crippen molar-refractivity contribution in [2.45, 2.75) is 6.92 Å². The van der Waals surface area contributed by atoms with Crippen molar-refractivity contribution in [2.24, 2.45) is 0 Å². The van der Waals surface area contributed by atoms with Crippen molar-refractivity contribution in [1.82, 2.24) is 5.16 Å². The summed E-state index contributed by atoms with van der Waals surface area (Å²) in [7, 11) is 0. The number of fused-ring (bicyclic) bond motifs is 1. The van der Waals surface area contributed by atoms with E-state index in [1.54, 1.807) is 25.1 Å². The number of ether oxygens (including phenoxy) is 2. The van der Waals surface area contributed by atoms with Gasteiger partial charge in [-0.15, -0.1) is 0 Å². The van der Waals surface area contributed by atoms with E-state index in [2.05, 4.69) is 15.8 Å². The fourth-order valence-corrected chi connectivity index (χ4v) is 1.76. The van der Waals surface area contributed by atoms with Crippen LogP contribution in [0.25, 0.3) is 0 Å². The number of hydrogen-bond donors (Lipinski definition) is 2. The van der Waals surface area contributed by atoms with E-state index < -0.39 is 11.8 Å². The first kappa shape index (κ1) is 13.0. The lowest BCUT2D eigenvalue weighted by atomic mass is 10.2. The van der Waals surface area contributed by atoms with Gasteiger partial charge in [-0.25, -0.2) is 0 Å². The quantitative estimate of drug-likeness (QED) is 0.807. The van der Waals surface area contributed by atoms with E-state index in [0.29, 0.717) is 22.9 Å². The van der Waals surface area contributed by atoms with Crippen molar-refractivity contribution in [2.75, 3.05) is 17.4 Å². The van der Waals surface area contributed by atoms with Crippen LogP contribution < -0.4 is 20.1 Å². The molecule has 0 saturated heterocycles. The van der Waals surface area contributed by atoms with E-state index in [1.807, 2.05) is 0 Å². The summed E-state index contributed by atoms with van der Waals surface area (Å²) in [5, 5.41) is 8.35. The fraction of sp³-hybridized carbons (Fsp3) is 0.154. The molecule has 2 N–H and O–H groups in total. The molecule has 1 aromatic heterocycles. The van der Waals surface area contributed by atoms with Gasteiger partial charge in [0.2, 0.25) is 6.79 Å². The molecule has 0 atom stereocenters. The highest BCUT2D eigenvalue weighted by Crippen LogP contribution is 2.34. The molecule has 0 radical (unpaired) electrons. The van der Waals surface area contributed by atoms with Crippen molar-refractivity contribution in [3.05, 3.63) is 30.0 Å². The molecule has 1 aliphatic rings. The first-order valence-corrected chi connectivity index (χ1v) is 6.07. The third-order valence-electron chi connectivity index (χ3n) is 2.71. The fourth-order valence-electron chi connectivity index (χ4n) is 1.76. The first-order chi connectivity index (χ1) is 10.1. The summed E-state index contributed by atoms with van der Waals surface area (Å²) in [5.74, 6) is 0.145. The lowest BCUT2D eigenvalue weighted by molar-refractivity contribution is -0.133. The average molecular weight is 289 g/mol. The van der Waals surface area contributed by atoms with Gasteiger partial charge >= 0.3 is 11.8 Å². The molecule has 0 bridgehead atoms. The number of aromatic nitrogens is 1. The summed E-state index contributed by atoms with van der Waals surface area (Å²) in [6, 6.07) is 6.34. The van der Waals surface area contributed by atoms with E-state index >= 15 is 0 Å². The van der Waals surface area contributed by atoms with Gasteiger partial charge < -0.3 is 19.3 Å². The Balaban J connectivity index is 1.64. The van der Waals surface area contributed by atoms with Crippen molar-refractivity contribution in [3.8, 4) is 11.5 Å². The zero-order valence-electron chi connectivity index (χ0n) is 11.0. The Hall–Kier alpha value is -3.03. The molecule has 0 unspecified atom stereocenters. The monoisotopic (exact) mass is 289 g/mol. The molecule has 21 heavy (non-hydrogen) atoms. The Bertz CT molecular complexity index is 710. The minimum absolute atomic E-state index is 0.138. The number of nitrogens with zero attached hydrogens (tertiary/aromatic N) is 1. The van der Waals surface area contributed by atoms with Crippen LogP contribution in [0, 0.1) is 6.92 Å². The second kappa shape index (κ2) is 5.16. The molecule has 0 spiro atoms. The summed E-state index contributed by atoms with van der Waals surface area (Å²) in [4.78, 5) is 23.5. The molecule has 1 aliphatic heterocycles. The molecule has 2 amide bonds. The predicted molar refractivity (Wildman–Crippen MR) is 71.1 cm³/mol. The zero-order valence-corrected chi connectivity index (χ0v) is 11.0. The number of amides is 2. The van der Waals surface area contributed by atoms with Gasteiger partial charge in [-0.05, 0) is 19.1 Å². The van der Waals surface area contributed by atoms with E-state index in [4.69, 9.17) is 14.0 Å². The summed E-state index contributed by atoms with van der Waals surface area (Å²) in [5.41, 5.74) is 0.427. The van der Waals surface area contributed by atoms with E-state index in [1.165, 1.54) is 6.07 Å². The van der Waals surface area contributed by atoms with Gasteiger partial charge in [-0.1, -0.05) is 5.16 Å². The molecule has 8 heteroatoms. The Morgan fingerprint density at radius 3 is 2.62 bits per heavy atom. The molecule has 0 saturated carbocycles. The highest BCUT2D eigenvalue weighted by atomic mass is 16.7. The Labute approximate surface area is 119 Å². The molecule has 108 valence electrons. The molecule has 0 fully saturated rings. The molecule has 8 nitrogen and oxygen atoms in total. The molecule has 2 heterocycles. The highest BCUT2D eigenvalue weighted by molar-refractivity contribution is 6.43. The maximum atomic E-state index is 11.8. The number of nitrogens with one attached hydrogen (secondary N) is 2. The number of rotatable bonds is 2. The lowest BCUT2D eigenvalue weighted by Crippen LogP contribution is -2.29. The first-order valence-electron chi connectivity index (χ1n) is 6.07. The third kappa shape index (κ3) is 2.78. The van der Waals surface area contributed by atoms with Crippen LogP contribution in [0.4, 0.5) is 11.5 Å². The Morgan fingerprint density at radius 2 is 1.86 bits per heavy atom. The topological polar surface area (TPSA) is 103 Å². The number of benzene rings is 1. The third-order valence-corrected chi connectivity index (χ3v) is 2.71. The molecule has 2 aromatic rings. The SMILES string of the molecule is Cc1cc(NC(=O)C(=O)Nc2ccc3c(c2)OCO3)no1. The van der Waals surface area contributed by atoms with Crippen molar-refractivity contribution in [1.29, 1.82) is 0 Å². The van der Waals surface area contributed by atoms with E-state index in [-0.39, 0.29) is 12.6 Å². The summed E-state index contributed by atoms with van der Waals surface area (Å²) in [6.07, 6.45) is 0. The standard InChI is InChI=1S/C13H11N3O5/c1-7-4-11(16-21-7)15-13(18)12(17)14-8-2-3-9-10(5-8)20-6-19-9/h2-5H,6H2,1H3,(H,14,17)(H,15,16,18). The number of carbonyl (C=O) groups is 2. The van der Waals surface area contributed by atoms with Crippen LogP contribution >= 0.6 is 0 Å². The maximum absolute atomic E-state index is 11.8. The van der Waals surface area contributed by atoms with Gasteiger partial charge in [0, 0.05) is 17.8 Å². The molecule has 0 aliphatic carbocycles. The van der Waals surface area contributed by atoms with Gasteiger partial charge in [0.25, 0.3) is 0 Å².